The molecule has 0 aliphatic heterocycles. The standard InChI is InChI=1S/C17H20O/c1-13(18)11-17(2,3)12-15-9-6-8-14-7-4-5-10-16(14)15/h4-10H,11-12H2,1-3H3. The zero-order valence-electron chi connectivity index (χ0n) is 11.4. The smallest absolute Gasteiger partial charge is 0.130 e. The molecule has 18 heavy (non-hydrogen) atoms. The fourth-order valence-corrected chi connectivity index (χ4v) is 2.70. The summed E-state index contributed by atoms with van der Waals surface area (Å²) in [5, 5.41) is 2.57. The molecule has 0 aliphatic rings. The van der Waals surface area contributed by atoms with Crippen molar-refractivity contribution in [3.05, 3.63) is 48.0 Å². The van der Waals surface area contributed by atoms with Gasteiger partial charge in [0.15, 0.2) is 0 Å². The molecule has 94 valence electrons. The zero-order valence-corrected chi connectivity index (χ0v) is 11.4. The molecule has 0 unspecified atom stereocenters. The normalized spacial score (nSPS) is 11.7. The molecule has 0 amide bonds. The van der Waals surface area contributed by atoms with Gasteiger partial charge in [0.2, 0.25) is 0 Å². The molecule has 2 aromatic rings. The van der Waals surface area contributed by atoms with Gasteiger partial charge in [-0.05, 0) is 35.1 Å². The molecule has 0 aromatic heterocycles. The first-order chi connectivity index (χ1) is 8.48. The van der Waals surface area contributed by atoms with Crippen LogP contribution in [0.3, 0.4) is 0 Å². The van der Waals surface area contributed by atoms with Crippen LogP contribution in [0.5, 0.6) is 0 Å². The number of carbonyl (C=O) groups excluding carboxylic acids is 1. The number of ketones is 1. The molecule has 0 bridgehead atoms. The second kappa shape index (κ2) is 4.93. The maximum absolute atomic E-state index is 11.3. The predicted octanol–water partition coefficient (Wildman–Crippen LogP) is 4.39. The number of hydrogen-bond donors (Lipinski definition) is 0. The van der Waals surface area contributed by atoms with Crippen LogP contribution in [0.25, 0.3) is 10.8 Å². The predicted molar refractivity (Wildman–Crippen MR) is 76.7 cm³/mol. The topological polar surface area (TPSA) is 17.1 Å². The minimum Gasteiger partial charge on any atom is -0.300 e. The highest BCUT2D eigenvalue weighted by molar-refractivity contribution is 5.85. The number of fused-ring (bicyclic) bond motifs is 1. The maximum atomic E-state index is 11.3. The monoisotopic (exact) mass is 240 g/mol. The molecule has 0 N–H and O–H groups in total. The Labute approximate surface area is 109 Å². The molecule has 0 spiro atoms. The van der Waals surface area contributed by atoms with Gasteiger partial charge in [0.05, 0.1) is 0 Å². The van der Waals surface area contributed by atoms with Crippen LogP contribution >= 0.6 is 0 Å². The van der Waals surface area contributed by atoms with Crippen molar-refractivity contribution in [1.29, 1.82) is 0 Å². The van der Waals surface area contributed by atoms with Gasteiger partial charge in [0.25, 0.3) is 0 Å². The number of carbonyl (C=O) groups is 1. The van der Waals surface area contributed by atoms with Gasteiger partial charge >= 0.3 is 0 Å². The molecule has 1 heteroatoms. The minimum atomic E-state index is 0.0238. The van der Waals surface area contributed by atoms with Crippen LogP contribution in [0.1, 0.15) is 32.8 Å². The number of Topliss-reactive ketones (excluding diaryl/α,β-unsaturated/α-hetero) is 1. The maximum Gasteiger partial charge on any atom is 0.130 e. The lowest BCUT2D eigenvalue weighted by Gasteiger charge is -2.24. The van der Waals surface area contributed by atoms with E-state index in [1.54, 1.807) is 6.92 Å². The SMILES string of the molecule is CC(=O)CC(C)(C)Cc1cccc2ccccc12. The Kier molecular flexibility index (Phi) is 3.51. The fraction of sp³-hybridized carbons (Fsp3) is 0.353. The Hall–Kier alpha value is -1.63. The Morgan fingerprint density at radius 1 is 1.06 bits per heavy atom. The molecule has 2 rings (SSSR count). The van der Waals surface area contributed by atoms with E-state index in [0.717, 1.165) is 6.42 Å². The van der Waals surface area contributed by atoms with Gasteiger partial charge in [-0.1, -0.05) is 56.3 Å². The van der Waals surface area contributed by atoms with E-state index in [4.69, 9.17) is 0 Å². The van der Waals surface area contributed by atoms with Crippen molar-refractivity contribution in [2.24, 2.45) is 5.41 Å². The van der Waals surface area contributed by atoms with Crippen LogP contribution in [0.15, 0.2) is 42.5 Å². The summed E-state index contributed by atoms with van der Waals surface area (Å²) in [6.07, 6.45) is 1.57. The van der Waals surface area contributed by atoms with Gasteiger partial charge in [-0.25, -0.2) is 0 Å². The Bertz CT molecular complexity index is 561. The van der Waals surface area contributed by atoms with Crippen molar-refractivity contribution in [2.75, 3.05) is 0 Å². The van der Waals surface area contributed by atoms with E-state index in [1.165, 1.54) is 16.3 Å². The largest absolute Gasteiger partial charge is 0.300 e. The van der Waals surface area contributed by atoms with Gasteiger partial charge in [-0.3, -0.25) is 0 Å². The van der Waals surface area contributed by atoms with Gasteiger partial charge < -0.3 is 4.79 Å². The second-order valence-corrected chi connectivity index (χ2v) is 5.86. The molecular formula is C17H20O. The molecule has 0 radical (unpaired) electrons. The first kappa shape index (κ1) is 12.8. The summed E-state index contributed by atoms with van der Waals surface area (Å²) in [5.74, 6) is 0.264. The number of benzene rings is 2. The van der Waals surface area contributed by atoms with Gasteiger partial charge in [-0.15, -0.1) is 0 Å². The Balaban J connectivity index is 2.34. The lowest BCUT2D eigenvalue weighted by molar-refractivity contribution is -0.118. The fourth-order valence-electron chi connectivity index (χ4n) is 2.70. The summed E-state index contributed by atoms with van der Waals surface area (Å²) < 4.78 is 0. The third-order valence-electron chi connectivity index (χ3n) is 3.28. The summed E-state index contributed by atoms with van der Waals surface area (Å²) in [4.78, 5) is 11.3. The van der Waals surface area contributed by atoms with Crippen LogP contribution in [0, 0.1) is 5.41 Å². The number of hydrogen-bond acceptors (Lipinski definition) is 1. The summed E-state index contributed by atoms with van der Waals surface area (Å²) in [6.45, 7) is 6.00. The number of rotatable bonds is 4. The summed E-state index contributed by atoms with van der Waals surface area (Å²) >= 11 is 0. The lowest BCUT2D eigenvalue weighted by atomic mass is 9.80. The van der Waals surface area contributed by atoms with E-state index < -0.39 is 0 Å². The molecule has 0 saturated heterocycles. The second-order valence-electron chi connectivity index (χ2n) is 5.86. The van der Waals surface area contributed by atoms with E-state index in [0.29, 0.717) is 6.42 Å². The van der Waals surface area contributed by atoms with Crippen LogP contribution in [0.4, 0.5) is 0 Å². The highest BCUT2D eigenvalue weighted by Crippen LogP contribution is 2.29. The van der Waals surface area contributed by atoms with Crippen LogP contribution in [-0.4, -0.2) is 5.78 Å². The Morgan fingerprint density at radius 3 is 2.44 bits per heavy atom. The van der Waals surface area contributed by atoms with E-state index in [1.807, 2.05) is 0 Å². The highest BCUT2D eigenvalue weighted by atomic mass is 16.1. The molecule has 1 nitrogen and oxygen atoms in total. The van der Waals surface area contributed by atoms with Crippen LogP contribution in [0.2, 0.25) is 0 Å². The molecule has 0 aliphatic carbocycles. The zero-order chi connectivity index (χ0) is 13.2. The summed E-state index contributed by atoms with van der Waals surface area (Å²) in [5.41, 5.74) is 1.36. The average molecular weight is 240 g/mol. The quantitative estimate of drug-likeness (QED) is 0.774. The third kappa shape index (κ3) is 2.98. The first-order valence-electron chi connectivity index (χ1n) is 6.44. The summed E-state index contributed by atoms with van der Waals surface area (Å²) in [7, 11) is 0. The van der Waals surface area contributed by atoms with Crippen molar-refractivity contribution >= 4 is 16.6 Å². The van der Waals surface area contributed by atoms with E-state index in [-0.39, 0.29) is 11.2 Å². The van der Waals surface area contributed by atoms with Crippen molar-refractivity contribution in [2.45, 2.75) is 33.6 Å². The van der Waals surface area contributed by atoms with Gasteiger partial charge in [-0.2, -0.15) is 0 Å². The third-order valence-corrected chi connectivity index (χ3v) is 3.28. The van der Waals surface area contributed by atoms with Crippen LogP contribution in [-0.2, 0) is 11.2 Å². The highest BCUT2D eigenvalue weighted by Gasteiger charge is 2.21. The van der Waals surface area contributed by atoms with Gasteiger partial charge in [0.1, 0.15) is 5.78 Å². The molecule has 2 aromatic carbocycles. The van der Waals surface area contributed by atoms with E-state index >= 15 is 0 Å². The minimum absolute atomic E-state index is 0.0238. The van der Waals surface area contributed by atoms with Crippen molar-refractivity contribution in [3.63, 3.8) is 0 Å². The van der Waals surface area contributed by atoms with Crippen LogP contribution < -0.4 is 0 Å². The molecule has 0 heterocycles. The van der Waals surface area contributed by atoms with Crippen molar-refractivity contribution in [1.82, 2.24) is 0 Å². The molecule has 0 saturated carbocycles. The van der Waals surface area contributed by atoms with Crippen molar-refractivity contribution < 1.29 is 4.79 Å². The average Bonchev–Trinajstić information content (AvgIpc) is 2.27. The summed E-state index contributed by atoms with van der Waals surface area (Å²) in [6, 6.07) is 14.8. The molecule has 0 fully saturated rings. The molecule has 0 atom stereocenters. The molecular weight excluding hydrogens is 220 g/mol. The van der Waals surface area contributed by atoms with Gasteiger partial charge in [0, 0.05) is 6.42 Å². The first-order valence-corrected chi connectivity index (χ1v) is 6.44. The Morgan fingerprint density at radius 2 is 1.72 bits per heavy atom. The van der Waals surface area contributed by atoms with E-state index in [9.17, 15) is 4.79 Å². The lowest BCUT2D eigenvalue weighted by Crippen LogP contribution is -2.18. The van der Waals surface area contributed by atoms with E-state index in [2.05, 4.69) is 56.3 Å². The van der Waals surface area contributed by atoms with Crippen molar-refractivity contribution in [3.8, 4) is 0 Å².